The minimum Gasteiger partial charge on any atom is -0.316 e. The Morgan fingerprint density at radius 3 is 2.79 bits per heavy atom. The minimum absolute atomic E-state index is 0. The van der Waals surface area contributed by atoms with Crippen molar-refractivity contribution in [3.8, 4) is 0 Å². The minimum atomic E-state index is -0.141. The highest BCUT2D eigenvalue weighted by molar-refractivity contribution is 5.85. The molecule has 0 bridgehead atoms. The third kappa shape index (κ3) is 4.75. The molecule has 1 fully saturated rings. The predicted molar refractivity (Wildman–Crippen MR) is 80.2 cm³/mol. The SMILES string of the molecule is CCN(Cc1cccc(F)c1)CC1(C)CCNC1.Cl. The number of nitrogens with zero attached hydrogens (tertiary/aromatic N) is 1. The Hall–Kier alpha value is -0.640. The lowest BCUT2D eigenvalue weighted by molar-refractivity contribution is 0.178. The molecule has 0 aromatic heterocycles. The van der Waals surface area contributed by atoms with Crippen molar-refractivity contribution in [3.05, 3.63) is 35.6 Å². The summed E-state index contributed by atoms with van der Waals surface area (Å²) in [5, 5.41) is 3.43. The first kappa shape index (κ1) is 16.4. The Bertz CT molecular complexity index is 391. The van der Waals surface area contributed by atoms with Crippen molar-refractivity contribution in [2.24, 2.45) is 5.41 Å². The van der Waals surface area contributed by atoms with Gasteiger partial charge in [-0.1, -0.05) is 26.0 Å². The standard InChI is InChI=1S/C15H23FN2.ClH/c1-3-18(12-15(2)7-8-17-11-15)10-13-5-4-6-14(16)9-13;/h4-6,9,17H,3,7-8,10-12H2,1-2H3;1H. The van der Waals surface area contributed by atoms with Crippen LogP contribution >= 0.6 is 12.4 Å². The molecule has 1 heterocycles. The first-order valence-corrected chi connectivity index (χ1v) is 6.79. The van der Waals surface area contributed by atoms with E-state index >= 15 is 0 Å². The van der Waals surface area contributed by atoms with Gasteiger partial charge in [-0.15, -0.1) is 12.4 Å². The molecule has 0 spiro atoms. The fourth-order valence-electron chi connectivity index (χ4n) is 2.72. The molecule has 0 radical (unpaired) electrons. The summed E-state index contributed by atoms with van der Waals surface area (Å²) >= 11 is 0. The van der Waals surface area contributed by atoms with Crippen LogP contribution in [0.1, 0.15) is 25.8 Å². The number of hydrogen-bond acceptors (Lipinski definition) is 2. The summed E-state index contributed by atoms with van der Waals surface area (Å²) in [6.45, 7) is 9.63. The van der Waals surface area contributed by atoms with Crippen molar-refractivity contribution in [2.75, 3.05) is 26.2 Å². The van der Waals surface area contributed by atoms with Crippen LogP contribution in [0.25, 0.3) is 0 Å². The summed E-state index contributed by atoms with van der Waals surface area (Å²) in [4.78, 5) is 2.40. The number of halogens is 2. The Morgan fingerprint density at radius 1 is 1.42 bits per heavy atom. The molecule has 1 aromatic carbocycles. The Kier molecular flexibility index (Phi) is 6.24. The summed E-state index contributed by atoms with van der Waals surface area (Å²) in [6, 6.07) is 6.93. The Morgan fingerprint density at radius 2 is 2.21 bits per heavy atom. The van der Waals surface area contributed by atoms with E-state index in [4.69, 9.17) is 0 Å². The van der Waals surface area contributed by atoms with Gasteiger partial charge >= 0.3 is 0 Å². The van der Waals surface area contributed by atoms with E-state index in [0.717, 1.165) is 38.3 Å². The molecular weight excluding hydrogens is 263 g/mol. The lowest BCUT2D eigenvalue weighted by Crippen LogP contribution is -2.37. The van der Waals surface area contributed by atoms with Gasteiger partial charge in [0, 0.05) is 19.6 Å². The summed E-state index contributed by atoms with van der Waals surface area (Å²) < 4.78 is 13.2. The largest absolute Gasteiger partial charge is 0.316 e. The Balaban J connectivity index is 0.00000180. The maximum atomic E-state index is 13.2. The van der Waals surface area contributed by atoms with E-state index in [0.29, 0.717) is 5.41 Å². The van der Waals surface area contributed by atoms with Gasteiger partial charge in [0.15, 0.2) is 0 Å². The van der Waals surface area contributed by atoms with E-state index in [9.17, 15) is 4.39 Å². The summed E-state index contributed by atoms with van der Waals surface area (Å²) in [6.07, 6.45) is 1.23. The van der Waals surface area contributed by atoms with E-state index in [1.54, 1.807) is 12.1 Å². The molecule has 2 rings (SSSR count). The van der Waals surface area contributed by atoms with Crippen molar-refractivity contribution in [3.63, 3.8) is 0 Å². The number of benzene rings is 1. The zero-order valence-corrected chi connectivity index (χ0v) is 12.6. The summed E-state index contributed by atoms with van der Waals surface area (Å²) in [7, 11) is 0. The molecule has 19 heavy (non-hydrogen) atoms. The molecule has 1 N–H and O–H groups in total. The van der Waals surface area contributed by atoms with E-state index in [1.165, 1.54) is 12.5 Å². The van der Waals surface area contributed by atoms with Gasteiger partial charge in [-0.2, -0.15) is 0 Å². The average Bonchev–Trinajstić information content (AvgIpc) is 2.75. The lowest BCUT2D eigenvalue weighted by atomic mass is 9.89. The fourth-order valence-corrected chi connectivity index (χ4v) is 2.72. The molecular formula is C15H24ClFN2. The molecule has 1 atom stereocenters. The monoisotopic (exact) mass is 286 g/mol. The molecule has 1 aromatic rings. The lowest BCUT2D eigenvalue weighted by Gasteiger charge is -2.31. The molecule has 0 aliphatic carbocycles. The van der Waals surface area contributed by atoms with E-state index in [1.807, 2.05) is 6.07 Å². The van der Waals surface area contributed by atoms with Gasteiger partial charge in [0.1, 0.15) is 5.82 Å². The molecule has 1 unspecified atom stereocenters. The van der Waals surface area contributed by atoms with E-state index < -0.39 is 0 Å². The van der Waals surface area contributed by atoms with Crippen molar-refractivity contribution < 1.29 is 4.39 Å². The predicted octanol–water partition coefficient (Wildman–Crippen LogP) is 3.07. The summed E-state index contributed by atoms with van der Waals surface area (Å²) in [5.74, 6) is -0.141. The quantitative estimate of drug-likeness (QED) is 0.895. The fraction of sp³-hybridized carbons (Fsp3) is 0.600. The van der Waals surface area contributed by atoms with Crippen LogP contribution in [-0.2, 0) is 6.54 Å². The molecule has 1 aliphatic rings. The number of hydrogen-bond donors (Lipinski definition) is 1. The van der Waals surface area contributed by atoms with Crippen molar-refractivity contribution in [1.29, 1.82) is 0 Å². The highest BCUT2D eigenvalue weighted by Gasteiger charge is 2.30. The maximum Gasteiger partial charge on any atom is 0.123 e. The van der Waals surface area contributed by atoms with Gasteiger partial charge < -0.3 is 5.32 Å². The van der Waals surface area contributed by atoms with Gasteiger partial charge in [-0.25, -0.2) is 4.39 Å². The second-order valence-corrected chi connectivity index (χ2v) is 5.67. The number of nitrogens with one attached hydrogen (secondary N) is 1. The van der Waals surface area contributed by atoms with Gasteiger partial charge in [-0.05, 0) is 42.6 Å². The molecule has 1 saturated heterocycles. The second-order valence-electron chi connectivity index (χ2n) is 5.67. The zero-order chi connectivity index (χ0) is 13.0. The van der Waals surface area contributed by atoms with Gasteiger partial charge in [0.05, 0.1) is 0 Å². The van der Waals surface area contributed by atoms with Crippen LogP contribution in [0.5, 0.6) is 0 Å². The maximum absolute atomic E-state index is 13.2. The van der Waals surface area contributed by atoms with Crippen molar-refractivity contribution in [2.45, 2.75) is 26.8 Å². The first-order valence-electron chi connectivity index (χ1n) is 6.79. The number of rotatable bonds is 5. The third-order valence-electron chi connectivity index (χ3n) is 3.80. The van der Waals surface area contributed by atoms with Crippen LogP contribution in [0, 0.1) is 11.2 Å². The van der Waals surface area contributed by atoms with Crippen LogP contribution in [0.3, 0.4) is 0 Å². The second kappa shape index (κ2) is 7.22. The average molecular weight is 287 g/mol. The molecule has 1 aliphatic heterocycles. The van der Waals surface area contributed by atoms with Crippen LogP contribution in [0.2, 0.25) is 0 Å². The van der Waals surface area contributed by atoms with Crippen molar-refractivity contribution in [1.82, 2.24) is 10.2 Å². The molecule has 4 heteroatoms. The third-order valence-corrected chi connectivity index (χ3v) is 3.80. The van der Waals surface area contributed by atoms with E-state index in [-0.39, 0.29) is 18.2 Å². The first-order chi connectivity index (χ1) is 8.61. The van der Waals surface area contributed by atoms with Gasteiger partial charge in [0.2, 0.25) is 0 Å². The highest BCUT2D eigenvalue weighted by Crippen LogP contribution is 2.26. The zero-order valence-electron chi connectivity index (χ0n) is 11.8. The molecule has 0 saturated carbocycles. The van der Waals surface area contributed by atoms with Crippen LogP contribution in [-0.4, -0.2) is 31.1 Å². The van der Waals surface area contributed by atoms with Gasteiger partial charge in [-0.3, -0.25) is 4.90 Å². The molecule has 0 amide bonds. The van der Waals surface area contributed by atoms with Crippen LogP contribution in [0.15, 0.2) is 24.3 Å². The van der Waals surface area contributed by atoms with Crippen LogP contribution < -0.4 is 5.32 Å². The van der Waals surface area contributed by atoms with Crippen molar-refractivity contribution >= 4 is 12.4 Å². The van der Waals surface area contributed by atoms with Gasteiger partial charge in [0.25, 0.3) is 0 Å². The summed E-state index contributed by atoms with van der Waals surface area (Å²) in [5.41, 5.74) is 1.43. The van der Waals surface area contributed by atoms with E-state index in [2.05, 4.69) is 24.1 Å². The Labute approximate surface area is 121 Å². The van der Waals surface area contributed by atoms with Crippen LogP contribution in [0.4, 0.5) is 4.39 Å². The topological polar surface area (TPSA) is 15.3 Å². The smallest absolute Gasteiger partial charge is 0.123 e. The molecule has 2 nitrogen and oxygen atoms in total. The normalized spacial score (nSPS) is 22.5. The highest BCUT2D eigenvalue weighted by atomic mass is 35.5. The molecule has 108 valence electrons.